The van der Waals surface area contributed by atoms with Crippen molar-refractivity contribution in [2.75, 3.05) is 19.6 Å². The first kappa shape index (κ1) is 15.3. The molecule has 20 heavy (non-hydrogen) atoms. The summed E-state index contributed by atoms with van der Waals surface area (Å²) >= 11 is 0. The van der Waals surface area contributed by atoms with Crippen LogP contribution in [-0.2, 0) is 6.42 Å². The number of likely N-dealkylation sites (tertiary alicyclic amines) is 1. The Kier molecular flexibility index (Phi) is 5.06. The Hall–Kier alpha value is -1.06. The van der Waals surface area contributed by atoms with E-state index < -0.39 is 0 Å². The van der Waals surface area contributed by atoms with Crippen LogP contribution in [0.1, 0.15) is 39.2 Å². The molecule has 2 rings (SSSR count). The van der Waals surface area contributed by atoms with Crippen LogP contribution >= 0.6 is 0 Å². The van der Waals surface area contributed by atoms with Crippen LogP contribution in [0.5, 0.6) is 5.75 Å². The largest absolute Gasteiger partial charge is 0.508 e. The molecule has 1 aromatic rings. The van der Waals surface area contributed by atoms with Gasteiger partial charge in [0.25, 0.3) is 0 Å². The standard InChI is InChI=1S/C17H28N2O/c1-4-18-16(13-14-7-9-15(20)10-8-14)17(2,3)19-11-5-6-12-19/h7-10,16,18,20H,4-6,11-13H2,1-3H3. The normalized spacial score (nSPS) is 18.4. The minimum Gasteiger partial charge on any atom is -0.508 e. The minimum atomic E-state index is 0.157. The summed E-state index contributed by atoms with van der Waals surface area (Å²) in [6.45, 7) is 10.3. The fraction of sp³-hybridized carbons (Fsp3) is 0.647. The first-order chi connectivity index (χ1) is 9.54. The molecule has 1 fully saturated rings. The molecule has 0 amide bonds. The zero-order chi connectivity index (χ0) is 14.6. The smallest absolute Gasteiger partial charge is 0.115 e. The van der Waals surface area contributed by atoms with Crippen molar-refractivity contribution in [3.05, 3.63) is 29.8 Å². The lowest BCUT2D eigenvalue weighted by atomic mass is 9.87. The highest BCUT2D eigenvalue weighted by atomic mass is 16.3. The van der Waals surface area contributed by atoms with Crippen molar-refractivity contribution in [3.8, 4) is 5.75 Å². The monoisotopic (exact) mass is 276 g/mol. The van der Waals surface area contributed by atoms with E-state index in [0.717, 1.165) is 13.0 Å². The second-order valence-corrected chi connectivity index (χ2v) is 6.33. The molecule has 2 N–H and O–H groups in total. The number of benzene rings is 1. The van der Waals surface area contributed by atoms with Crippen LogP contribution in [-0.4, -0.2) is 41.2 Å². The molecule has 1 heterocycles. The third-order valence-electron chi connectivity index (χ3n) is 4.60. The first-order valence-electron chi connectivity index (χ1n) is 7.80. The van der Waals surface area contributed by atoms with E-state index in [1.165, 1.54) is 31.5 Å². The van der Waals surface area contributed by atoms with Crippen LogP contribution in [0, 0.1) is 0 Å². The van der Waals surface area contributed by atoms with Crippen molar-refractivity contribution < 1.29 is 5.11 Å². The number of aromatic hydroxyl groups is 1. The van der Waals surface area contributed by atoms with Gasteiger partial charge in [-0.15, -0.1) is 0 Å². The Morgan fingerprint density at radius 3 is 2.35 bits per heavy atom. The number of nitrogens with zero attached hydrogens (tertiary/aromatic N) is 1. The highest BCUT2D eigenvalue weighted by molar-refractivity contribution is 5.27. The summed E-state index contributed by atoms with van der Waals surface area (Å²) in [6, 6.07) is 8.04. The average Bonchev–Trinajstić information content (AvgIpc) is 2.95. The van der Waals surface area contributed by atoms with E-state index >= 15 is 0 Å². The highest BCUT2D eigenvalue weighted by Gasteiger charge is 2.36. The number of hydrogen-bond acceptors (Lipinski definition) is 3. The van der Waals surface area contributed by atoms with Gasteiger partial charge in [-0.25, -0.2) is 0 Å². The number of hydrogen-bond donors (Lipinski definition) is 2. The second kappa shape index (κ2) is 6.59. The summed E-state index contributed by atoms with van der Waals surface area (Å²) in [5.74, 6) is 0.340. The Labute approximate surface area is 123 Å². The number of likely N-dealkylation sites (N-methyl/N-ethyl adjacent to an activating group) is 1. The van der Waals surface area contributed by atoms with Crippen molar-refractivity contribution in [1.82, 2.24) is 10.2 Å². The molecule has 0 spiro atoms. The summed E-state index contributed by atoms with van der Waals surface area (Å²) < 4.78 is 0. The van der Waals surface area contributed by atoms with Crippen LogP contribution in [0.15, 0.2) is 24.3 Å². The number of phenolic OH excluding ortho intramolecular Hbond substituents is 1. The van der Waals surface area contributed by atoms with Gasteiger partial charge in [0, 0.05) is 11.6 Å². The van der Waals surface area contributed by atoms with Crippen molar-refractivity contribution >= 4 is 0 Å². The maximum atomic E-state index is 9.40. The third kappa shape index (κ3) is 3.53. The van der Waals surface area contributed by atoms with Crippen LogP contribution in [0.2, 0.25) is 0 Å². The molecular formula is C17H28N2O. The molecule has 0 bridgehead atoms. The first-order valence-corrected chi connectivity index (χ1v) is 7.80. The zero-order valence-electron chi connectivity index (χ0n) is 13.0. The van der Waals surface area contributed by atoms with Crippen LogP contribution in [0.3, 0.4) is 0 Å². The number of rotatable bonds is 6. The molecule has 1 aromatic carbocycles. The molecule has 0 radical (unpaired) electrons. The maximum Gasteiger partial charge on any atom is 0.115 e. The molecule has 3 nitrogen and oxygen atoms in total. The summed E-state index contributed by atoms with van der Waals surface area (Å²) in [5.41, 5.74) is 1.44. The fourth-order valence-corrected chi connectivity index (χ4v) is 3.20. The van der Waals surface area contributed by atoms with Gasteiger partial charge >= 0.3 is 0 Å². The zero-order valence-corrected chi connectivity index (χ0v) is 13.0. The molecule has 1 saturated heterocycles. The van der Waals surface area contributed by atoms with Gasteiger partial charge < -0.3 is 10.4 Å². The lowest BCUT2D eigenvalue weighted by Gasteiger charge is -2.42. The predicted molar refractivity (Wildman–Crippen MR) is 84.2 cm³/mol. The summed E-state index contributed by atoms with van der Waals surface area (Å²) in [5, 5.41) is 13.1. The van der Waals surface area contributed by atoms with E-state index in [-0.39, 0.29) is 5.54 Å². The fourth-order valence-electron chi connectivity index (χ4n) is 3.20. The lowest BCUT2D eigenvalue weighted by Crippen LogP contribution is -2.57. The molecule has 3 heteroatoms. The highest BCUT2D eigenvalue weighted by Crippen LogP contribution is 2.26. The van der Waals surface area contributed by atoms with Gasteiger partial charge in [0.2, 0.25) is 0 Å². The van der Waals surface area contributed by atoms with Gasteiger partial charge in [-0.3, -0.25) is 4.90 Å². The van der Waals surface area contributed by atoms with Gasteiger partial charge in [0.1, 0.15) is 5.75 Å². The third-order valence-corrected chi connectivity index (χ3v) is 4.60. The minimum absolute atomic E-state index is 0.157. The lowest BCUT2D eigenvalue weighted by molar-refractivity contribution is 0.107. The molecule has 1 aliphatic rings. The topological polar surface area (TPSA) is 35.5 Å². The van der Waals surface area contributed by atoms with Gasteiger partial charge in [-0.2, -0.15) is 0 Å². The van der Waals surface area contributed by atoms with Crippen LogP contribution in [0.4, 0.5) is 0 Å². The molecule has 1 aliphatic heterocycles. The SMILES string of the molecule is CCNC(Cc1ccc(O)cc1)C(C)(C)N1CCCC1. The van der Waals surface area contributed by atoms with E-state index in [9.17, 15) is 5.11 Å². The summed E-state index contributed by atoms with van der Waals surface area (Å²) in [4.78, 5) is 2.61. The molecule has 0 aliphatic carbocycles. The molecule has 0 aromatic heterocycles. The van der Waals surface area contributed by atoms with E-state index in [1.54, 1.807) is 12.1 Å². The Balaban J connectivity index is 2.10. The number of nitrogens with one attached hydrogen (secondary N) is 1. The molecule has 0 saturated carbocycles. The average molecular weight is 276 g/mol. The van der Waals surface area contributed by atoms with E-state index in [2.05, 4.69) is 31.0 Å². The molecule has 112 valence electrons. The van der Waals surface area contributed by atoms with E-state index in [4.69, 9.17) is 0 Å². The van der Waals surface area contributed by atoms with Gasteiger partial charge in [-0.1, -0.05) is 19.1 Å². The van der Waals surface area contributed by atoms with Crippen molar-refractivity contribution in [3.63, 3.8) is 0 Å². The van der Waals surface area contributed by atoms with Crippen LogP contribution < -0.4 is 5.32 Å². The number of phenols is 1. The van der Waals surface area contributed by atoms with Crippen LogP contribution in [0.25, 0.3) is 0 Å². The van der Waals surface area contributed by atoms with E-state index in [0.29, 0.717) is 11.8 Å². The maximum absolute atomic E-state index is 9.40. The molecular weight excluding hydrogens is 248 g/mol. The van der Waals surface area contributed by atoms with Crippen molar-refractivity contribution in [2.45, 2.75) is 51.6 Å². The Morgan fingerprint density at radius 1 is 1.20 bits per heavy atom. The van der Waals surface area contributed by atoms with Gasteiger partial charge in [0.15, 0.2) is 0 Å². The quantitative estimate of drug-likeness (QED) is 0.838. The van der Waals surface area contributed by atoms with Crippen molar-refractivity contribution in [2.24, 2.45) is 0 Å². The Morgan fingerprint density at radius 2 is 1.80 bits per heavy atom. The molecule has 1 unspecified atom stereocenters. The Bertz CT molecular complexity index is 408. The predicted octanol–water partition coefficient (Wildman–Crippen LogP) is 2.79. The van der Waals surface area contributed by atoms with E-state index in [1.807, 2.05) is 12.1 Å². The van der Waals surface area contributed by atoms with Gasteiger partial charge in [-0.05, 0) is 70.4 Å². The molecule has 1 atom stereocenters. The summed E-state index contributed by atoms with van der Waals surface area (Å²) in [7, 11) is 0. The van der Waals surface area contributed by atoms with Gasteiger partial charge in [0.05, 0.1) is 0 Å². The summed E-state index contributed by atoms with van der Waals surface area (Å²) in [6.07, 6.45) is 3.64. The van der Waals surface area contributed by atoms with Crippen molar-refractivity contribution in [1.29, 1.82) is 0 Å². The second-order valence-electron chi connectivity index (χ2n) is 6.33.